The van der Waals surface area contributed by atoms with Crippen molar-refractivity contribution in [1.29, 1.82) is 0 Å². The second-order valence-electron chi connectivity index (χ2n) is 2.67. The first-order chi connectivity index (χ1) is 7.66. The van der Waals surface area contributed by atoms with Gasteiger partial charge in [0.25, 0.3) is 6.17 Å². The van der Waals surface area contributed by atoms with E-state index in [-0.39, 0.29) is 0 Å². The van der Waals surface area contributed by atoms with Crippen LogP contribution in [0.15, 0.2) is 0 Å². The van der Waals surface area contributed by atoms with Crippen molar-refractivity contribution in [1.82, 2.24) is 0 Å². The van der Waals surface area contributed by atoms with Crippen LogP contribution in [0.25, 0.3) is 0 Å². The first-order valence-electron chi connectivity index (χ1n) is 3.70. The maximum atomic E-state index is 11.7. The molecule has 0 rings (SSSR count). The highest BCUT2D eigenvalue weighted by Gasteiger charge is 2.56. The molecule has 0 fully saturated rings. The third kappa shape index (κ3) is 8.09. The van der Waals surface area contributed by atoms with E-state index in [1.807, 2.05) is 0 Å². The molecule has 0 spiro atoms. The van der Waals surface area contributed by atoms with Gasteiger partial charge in [-0.2, -0.15) is 26.3 Å². The van der Waals surface area contributed by atoms with Crippen LogP contribution < -0.4 is 0 Å². The van der Waals surface area contributed by atoms with Crippen LogP contribution in [0.4, 0.5) is 39.5 Å². The highest BCUT2D eigenvalue weighted by atomic mass is 35.5. The summed E-state index contributed by atoms with van der Waals surface area (Å²) in [6, 6.07) is 0. The van der Waals surface area contributed by atoms with Crippen molar-refractivity contribution in [2.45, 2.75) is 29.3 Å². The largest absolute Gasteiger partial charge is 0.425 e. The molecule has 1 atom stereocenters. The van der Waals surface area contributed by atoms with Crippen molar-refractivity contribution in [2.24, 2.45) is 0 Å². The number of hydrogen-bond donors (Lipinski definition) is 1. The van der Waals surface area contributed by atoms with Gasteiger partial charge in [0.05, 0.1) is 0 Å². The first kappa shape index (κ1) is 20.2. The lowest BCUT2D eigenvalue weighted by Crippen LogP contribution is -2.44. The second-order valence-corrected chi connectivity index (χ2v) is 3.76. The Hall–Kier alpha value is -0.0900. The Balaban J connectivity index is 0. The average Bonchev–Trinajstić information content (AvgIpc) is 2.14. The monoisotopic (exact) mass is 334 g/mol. The van der Waals surface area contributed by atoms with Gasteiger partial charge in [-0.1, -0.05) is 23.2 Å². The van der Waals surface area contributed by atoms with Gasteiger partial charge in [0.2, 0.25) is 4.84 Å². The number of aliphatic hydroxyl groups is 1. The number of rotatable bonds is 2. The van der Waals surface area contributed by atoms with Crippen LogP contribution in [0.3, 0.4) is 0 Å². The Morgan fingerprint density at radius 2 is 1.11 bits per heavy atom. The molecular weight excluding hydrogens is 330 g/mol. The molecule has 1 unspecified atom stereocenters. The zero-order chi connectivity index (χ0) is 15.4. The summed E-state index contributed by atoms with van der Waals surface area (Å²) in [5.41, 5.74) is 0. The summed E-state index contributed by atoms with van der Waals surface area (Å²) < 4.78 is 101. The highest BCUT2D eigenvalue weighted by Crippen LogP contribution is 2.34. The van der Waals surface area contributed by atoms with Gasteiger partial charge >= 0.3 is 18.3 Å². The van der Waals surface area contributed by atoms with E-state index in [9.17, 15) is 39.5 Å². The van der Waals surface area contributed by atoms with Crippen molar-refractivity contribution in [3.05, 3.63) is 0 Å². The van der Waals surface area contributed by atoms with E-state index >= 15 is 0 Å². The van der Waals surface area contributed by atoms with Gasteiger partial charge in [-0.05, 0) is 0 Å². The first-order valence-corrected chi connectivity index (χ1v) is 4.58. The van der Waals surface area contributed by atoms with Crippen LogP contribution in [-0.4, -0.2) is 41.0 Å². The van der Waals surface area contributed by atoms with Crippen LogP contribution in [0.5, 0.6) is 0 Å². The van der Waals surface area contributed by atoms with E-state index in [1.165, 1.54) is 0 Å². The molecule has 0 aromatic carbocycles. The number of halogens is 11. The molecule has 0 aliphatic heterocycles. The van der Waals surface area contributed by atoms with Crippen LogP contribution in [0.1, 0.15) is 0 Å². The van der Waals surface area contributed by atoms with Gasteiger partial charge in [0.15, 0.2) is 0 Å². The van der Waals surface area contributed by atoms with Crippen LogP contribution in [0, 0.1) is 0 Å². The highest BCUT2D eigenvalue weighted by molar-refractivity contribution is 6.44. The molecule has 0 amide bonds. The molecule has 18 heavy (non-hydrogen) atoms. The minimum atomic E-state index is -5.63. The van der Waals surface area contributed by atoms with Gasteiger partial charge in [-0.15, -0.1) is 0 Å². The number of aliphatic hydroxyl groups excluding tert-OH is 1. The minimum Gasteiger partial charge on any atom is -0.390 e. The van der Waals surface area contributed by atoms with Crippen molar-refractivity contribution in [2.75, 3.05) is 6.61 Å². The quantitative estimate of drug-likeness (QED) is 0.600. The maximum Gasteiger partial charge on any atom is 0.425 e. The molecule has 1 nitrogen and oxygen atoms in total. The normalized spacial score (nSPS) is 15.2. The lowest BCUT2D eigenvalue weighted by molar-refractivity contribution is -0.251. The van der Waals surface area contributed by atoms with Crippen molar-refractivity contribution in [3.8, 4) is 0 Å². The Morgan fingerprint density at radius 3 is 1.17 bits per heavy atom. The Labute approximate surface area is 104 Å². The average molecular weight is 335 g/mol. The molecule has 0 saturated heterocycles. The molecule has 0 aromatic rings. The predicted molar refractivity (Wildman–Crippen MR) is 44.5 cm³/mol. The molecule has 0 heterocycles. The predicted octanol–water partition coefficient (Wildman–Crippen LogP) is 3.87. The molecule has 0 aliphatic carbocycles. The molecule has 112 valence electrons. The van der Waals surface area contributed by atoms with Crippen molar-refractivity contribution in [3.63, 3.8) is 0 Å². The molecular formula is C6H5Cl2F9O. The summed E-state index contributed by atoms with van der Waals surface area (Å²) in [5, 5.41) is 7.64. The summed E-state index contributed by atoms with van der Waals surface area (Å²) in [5.74, 6) is -4.75. The zero-order valence-corrected chi connectivity index (χ0v) is 9.48. The molecule has 0 aliphatic rings. The van der Waals surface area contributed by atoms with Crippen LogP contribution in [-0.2, 0) is 0 Å². The molecule has 1 N–H and O–H groups in total. The lowest BCUT2D eigenvalue weighted by atomic mass is 10.2. The standard InChI is InChI=1S/C4H4F6O.C2HCl2F3/c5-2(4(8,9)10)3(6,7)1-11;3-1(4)2(5,6)7/h2,11H,1H2;1H. The Morgan fingerprint density at radius 1 is 0.833 bits per heavy atom. The van der Waals surface area contributed by atoms with Gasteiger partial charge < -0.3 is 5.11 Å². The van der Waals surface area contributed by atoms with Crippen LogP contribution >= 0.6 is 23.2 Å². The summed E-state index contributed by atoms with van der Waals surface area (Å²) in [7, 11) is 0. The maximum absolute atomic E-state index is 11.7. The lowest BCUT2D eigenvalue weighted by Gasteiger charge is -2.19. The topological polar surface area (TPSA) is 20.2 Å². The fourth-order valence-electron chi connectivity index (χ4n) is 0.320. The van der Waals surface area contributed by atoms with E-state index in [1.54, 1.807) is 0 Å². The number of hydrogen-bond acceptors (Lipinski definition) is 1. The summed E-state index contributed by atoms with van der Waals surface area (Å²) in [4.78, 5) is -2.26. The van der Waals surface area contributed by atoms with E-state index in [0.717, 1.165) is 0 Å². The molecule has 0 bridgehead atoms. The SMILES string of the molecule is FC(F)(F)C(Cl)Cl.OCC(F)(F)C(F)C(F)(F)F. The van der Waals surface area contributed by atoms with Gasteiger partial charge in [-0.3, -0.25) is 0 Å². The number of alkyl halides is 11. The zero-order valence-electron chi connectivity index (χ0n) is 7.97. The smallest absolute Gasteiger partial charge is 0.390 e. The van der Waals surface area contributed by atoms with Crippen molar-refractivity contribution < 1.29 is 44.6 Å². The Bertz CT molecular complexity index is 236. The van der Waals surface area contributed by atoms with E-state index in [2.05, 4.69) is 23.2 Å². The van der Waals surface area contributed by atoms with Gasteiger partial charge in [0.1, 0.15) is 6.61 Å². The Kier molecular flexibility index (Phi) is 7.75. The fraction of sp³-hybridized carbons (Fsp3) is 1.00. The minimum absolute atomic E-state index is 2.16. The molecule has 0 saturated carbocycles. The van der Waals surface area contributed by atoms with Crippen LogP contribution in [0.2, 0.25) is 0 Å². The summed E-state index contributed by atoms with van der Waals surface area (Å²) in [6.45, 7) is -2.16. The second kappa shape index (κ2) is 6.90. The third-order valence-corrected chi connectivity index (χ3v) is 1.61. The van der Waals surface area contributed by atoms with E-state index in [0.29, 0.717) is 0 Å². The van der Waals surface area contributed by atoms with Gasteiger partial charge in [0, 0.05) is 0 Å². The fourth-order valence-corrected chi connectivity index (χ4v) is 0.320. The summed E-state index contributed by atoms with van der Waals surface area (Å²) >= 11 is 8.79. The van der Waals surface area contributed by atoms with Crippen molar-refractivity contribution >= 4 is 23.2 Å². The summed E-state index contributed by atoms with van der Waals surface area (Å²) in [6.07, 6.45) is -14.4. The van der Waals surface area contributed by atoms with E-state index < -0.39 is 35.9 Å². The molecule has 0 radical (unpaired) electrons. The molecule has 0 aromatic heterocycles. The third-order valence-electron chi connectivity index (χ3n) is 1.12. The molecule has 12 heteroatoms. The van der Waals surface area contributed by atoms with Gasteiger partial charge in [-0.25, -0.2) is 13.2 Å². The van der Waals surface area contributed by atoms with E-state index in [4.69, 9.17) is 5.11 Å².